The maximum absolute atomic E-state index is 14.8. The van der Waals surface area contributed by atoms with Crippen LogP contribution in [0.3, 0.4) is 0 Å². The van der Waals surface area contributed by atoms with Gasteiger partial charge in [-0.3, -0.25) is 4.79 Å². The number of fused-ring (bicyclic) bond motifs is 1. The largest absolute Gasteiger partial charge is 0.365 e. The first kappa shape index (κ1) is 20.2. The quantitative estimate of drug-likeness (QED) is 0.499. The second-order valence-electron chi connectivity index (χ2n) is 7.80. The molecule has 2 unspecified atom stereocenters. The van der Waals surface area contributed by atoms with Crippen molar-refractivity contribution < 1.29 is 9.18 Å². The minimum absolute atomic E-state index is 0.0137. The fourth-order valence-electron chi connectivity index (χ4n) is 4.24. The topological polar surface area (TPSA) is 97.0 Å². The molecule has 1 saturated carbocycles. The van der Waals surface area contributed by atoms with E-state index in [1.807, 2.05) is 49.1 Å². The molecule has 0 radical (unpaired) electrons. The number of likely N-dealkylation sites (N-methyl/N-ethyl adjacent to an activating group) is 1. The van der Waals surface area contributed by atoms with Gasteiger partial charge in [0, 0.05) is 41.9 Å². The van der Waals surface area contributed by atoms with Crippen LogP contribution in [-0.2, 0) is 7.05 Å². The fraction of sp³-hybridized carbons (Fsp3) is 0.364. The molecule has 2 heterocycles. The van der Waals surface area contributed by atoms with Gasteiger partial charge in [-0.25, -0.2) is 9.37 Å². The third-order valence-electron chi connectivity index (χ3n) is 5.88. The number of rotatable bonds is 6. The lowest BCUT2D eigenvalue weighted by molar-refractivity contribution is 0.100. The van der Waals surface area contributed by atoms with Gasteiger partial charge in [0.2, 0.25) is 0 Å². The van der Waals surface area contributed by atoms with Crippen molar-refractivity contribution in [3.63, 3.8) is 0 Å². The van der Waals surface area contributed by atoms with E-state index in [1.165, 1.54) is 0 Å². The van der Waals surface area contributed by atoms with Crippen molar-refractivity contribution in [1.82, 2.24) is 14.9 Å². The highest BCUT2D eigenvalue weighted by Gasteiger charge is 2.26. The molecule has 0 aliphatic heterocycles. The number of hydrogen-bond donors (Lipinski definition) is 4. The van der Waals surface area contributed by atoms with Gasteiger partial charge in [-0.1, -0.05) is 18.9 Å². The van der Waals surface area contributed by atoms with Crippen LogP contribution in [0.2, 0.25) is 0 Å². The summed E-state index contributed by atoms with van der Waals surface area (Å²) >= 11 is 0. The van der Waals surface area contributed by atoms with E-state index >= 15 is 0 Å². The molecule has 0 bridgehead atoms. The van der Waals surface area contributed by atoms with Gasteiger partial charge in [0.05, 0.1) is 5.56 Å². The molecule has 158 valence electrons. The minimum atomic E-state index is -0.735. The number of nitrogens with zero attached hydrogens (tertiary/aromatic N) is 2. The Labute approximate surface area is 174 Å². The molecule has 30 heavy (non-hydrogen) atoms. The molecule has 3 aromatic rings. The first-order chi connectivity index (χ1) is 14.5. The molecule has 1 amide bonds. The van der Waals surface area contributed by atoms with Gasteiger partial charge in [0.1, 0.15) is 5.82 Å². The predicted molar refractivity (Wildman–Crippen MR) is 118 cm³/mol. The average Bonchev–Trinajstić information content (AvgIpc) is 3.12. The molecule has 8 heteroatoms. The second kappa shape index (κ2) is 8.31. The molecule has 0 spiro atoms. The van der Waals surface area contributed by atoms with E-state index in [-0.39, 0.29) is 29.3 Å². The van der Waals surface area contributed by atoms with Crippen LogP contribution in [0.5, 0.6) is 0 Å². The summed E-state index contributed by atoms with van der Waals surface area (Å²) in [6, 6.07) is 9.24. The molecule has 5 N–H and O–H groups in total. The number of amides is 1. The third kappa shape index (κ3) is 3.82. The lowest BCUT2D eigenvalue weighted by Crippen LogP contribution is -2.45. The Hall–Kier alpha value is -3.13. The number of nitrogens with one attached hydrogen (secondary N) is 3. The van der Waals surface area contributed by atoms with Gasteiger partial charge in [-0.05, 0) is 44.2 Å². The first-order valence-corrected chi connectivity index (χ1v) is 10.2. The van der Waals surface area contributed by atoms with Gasteiger partial charge in [0.25, 0.3) is 5.91 Å². The predicted octanol–water partition coefficient (Wildman–Crippen LogP) is 3.50. The molecule has 1 aliphatic carbocycles. The smallest absolute Gasteiger partial charge is 0.252 e. The molecule has 2 atom stereocenters. The summed E-state index contributed by atoms with van der Waals surface area (Å²) in [6.07, 6.45) is 6.13. The highest BCUT2D eigenvalue weighted by Crippen LogP contribution is 2.30. The van der Waals surface area contributed by atoms with Gasteiger partial charge in [-0.15, -0.1) is 0 Å². The number of aromatic nitrogens is 2. The Bertz CT molecular complexity index is 1080. The number of hydrogen-bond acceptors (Lipinski definition) is 5. The van der Waals surface area contributed by atoms with Crippen LogP contribution in [0, 0.1) is 5.82 Å². The minimum Gasteiger partial charge on any atom is -0.365 e. The third-order valence-corrected chi connectivity index (χ3v) is 5.88. The summed E-state index contributed by atoms with van der Waals surface area (Å²) in [7, 11) is 3.87. The number of pyridine rings is 1. The van der Waals surface area contributed by atoms with E-state index in [0.717, 1.165) is 48.3 Å². The number of carbonyl (C=O) groups excluding carboxylic acids is 1. The van der Waals surface area contributed by atoms with E-state index in [9.17, 15) is 9.18 Å². The van der Waals surface area contributed by atoms with Crippen molar-refractivity contribution in [3.8, 4) is 0 Å². The summed E-state index contributed by atoms with van der Waals surface area (Å²) in [5, 5.41) is 10.7. The Morgan fingerprint density at radius 2 is 1.97 bits per heavy atom. The monoisotopic (exact) mass is 410 g/mol. The second-order valence-corrected chi connectivity index (χ2v) is 7.80. The summed E-state index contributed by atoms with van der Waals surface area (Å²) in [5.74, 6) is -0.969. The van der Waals surface area contributed by atoms with Crippen LogP contribution in [0.4, 0.5) is 21.7 Å². The van der Waals surface area contributed by atoms with Gasteiger partial charge >= 0.3 is 0 Å². The molecule has 1 aromatic carbocycles. The molecular weight excluding hydrogens is 383 g/mol. The number of carbonyl (C=O) groups is 1. The maximum atomic E-state index is 14.8. The Balaban J connectivity index is 1.70. The van der Waals surface area contributed by atoms with Gasteiger partial charge in [0.15, 0.2) is 11.6 Å². The van der Waals surface area contributed by atoms with Crippen molar-refractivity contribution in [3.05, 3.63) is 47.9 Å². The Morgan fingerprint density at radius 3 is 2.70 bits per heavy atom. The molecule has 1 fully saturated rings. The molecule has 7 nitrogen and oxygen atoms in total. The zero-order valence-corrected chi connectivity index (χ0v) is 17.2. The number of primary amides is 1. The SMILES string of the molecule is CNC1CCCCC1Nc1nc(Nc2cccc3c2ccn3C)c(C(N)=O)cc1F. The first-order valence-electron chi connectivity index (χ1n) is 10.2. The van der Waals surface area contributed by atoms with Crippen LogP contribution in [0.1, 0.15) is 36.0 Å². The summed E-state index contributed by atoms with van der Waals surface area (Å²) in [4.78, 5) is 16.4. The van der Waals surface area contributed by atoms with Crippen molar-refractivity contribution in [2.24, 2.45) is 12.8 Å². The van der Waals surface area contributed by atoms with Crippen molar-refractivity contribution in [2.45, 2.75) is 37.8 Å². The van der Waals surface area contributed by atoms with Crippen molar-refractivity contribution in [1.29, 1.82) is 0 Å². The lowest BCUT2D eigenvalue weighted by Gasteiger charge is -2.32. The van der Waals surface area contributed by atoms with Gasteiger partial charge in [-0.2, -0.15) is 0 Å². The Morgan fingerprint density at radius 1 is 1.20 bits per heavy atom. The number of benzene rings is 1. The maximum Gasteiger partial charge on any atom is 0.252 e. The van der Waals surface area contributed by atoms with Crippen molar-refractivity contribution in [2.75, 3.05) is 17.7 Å². The van der Waals surface area contributed by atoms with Crippen LogP contribution in [0.25, 0.3) is 10.9 Å². The number of nitrogens with two attached hydrogens (primary N) is 1. The molecule has 0 saturated heterocycles. The van der Waals surface area contributed by atoms with E-state index in [4.69, 9.17) is 5.73 Å². The number of aryl methyl sites for hydroxylation is 1. The van der Waals surface area contributed by atoms with E-state index in [2.05, 4.69) is 20.9 Å². The summed E-state index contributed by atoms with van der Waals surface area (Å²) in [6.45, 7) is 0. The van der Waals surface area contributed by atoms with E-state index in [0.29, 0.717) is 0 Å². The fourth-order valence-corrected chi connectivity index (χ4v) is 4.24. The zero-order valence-electron chi connectivity index (χ0n) is 17.2. The van der Waals surface area contributed by atoms with Crippen LogP contribution in [-0.4, -0.2) is 34.6 Å². The highest BCUT2D eigenvalue weighted by molar-refractivity contribution is 6.01. The standard InChI is InChI=1S/C22H27FN6O/c1-25-17-6-3-4-7-18(17)27-22-15(23)12-14(20(24)30)21(28-22)26-16-8-5-9-19-13(16)10-11-29(19)2/h5,8-12,17-18,25H,3-4,6-7H2,1-2H3,(H2,24,30)(H2,26,27,28). The zero-order chi connectivity index (χ0) is 21.3. The summed E-state index contributed by atoms with van der Waals surface area (Å²) < 4.78 is 16.8. The average molecular weight is 410 g/mol. The number of halogens is 1. The number of anilines is 3. The molecular formula is C22H27FN6O. The molecule has 4 rings (SSSR count). The van der Waals surface area contributed by atoms with Crippen LogP contribution in [0.15, 0.2) is 36.5 Å². The Kier molecular flexibility index (Phi) is 5.59. The van der Waals surface area contributed by atoms with Crippen molar-refractivity contribution >= 4 is 34.1 Å². The highest BCUT2D eigenvalue weighted by atomic mass is 19.1. The van der Waals surface area contributed by atoms with Gasteiger partial charge < -0.3 is 26.3 Å². The lowest BCUT2D eigenvalue weighted by atomic mass is 9.90. The van der Waals surface area contributed by atoms with E-state index in [1.54, 1.807) is 0 Å². The molecule has 1 aliphatic rings. The molecule has 2 aromatic heterocycles. The normalized spacial score (nSPS) is 19.0. The van der Waals surface area contributed by atoms with Crippen LogP contribution < -0.4 is 21.7 Å². The van der Waals surface area contributed by atoms with Crippen LogP contribution >= 0.6 is 0 Å². The summed E-state index contributed by atoms with van der Waals surface area (Å²) in [5.41, 5.74) is 7.32. The van der Waals surface area contributed by atoms with E-state index < -0.39 is 11.7 Å².